The number of aliphatic hydroxyl groups excluding tert-OH is 1. The van der Waals surface area contributed by atoms with Crippen LogP contribution in [-0.4, -0.2) is 46.7 Å². The Morgan fingerprint density at radius 2 is 1.80 bits per heavy atom. The van der Waals surface area contributed by atoms with Crippen molar-refractivity contribution in [3.63, 3.8) is 0 Å². The third-order valence-electron chi connectivity index (χ3n) is 7.24. The maximum atomic E-state index is 12.6. The van der Waals surface area contributed by atoms with Crippen LogP contribution in [0.2, 0.25) is 0 Å². The van der Waals surface area contributed by atoms with Gasteiger partial charge in [0.2, 0.25) is 0 Å². The number of nitrogens with zero attached hydrogens (tertiary/aromatic N) is 3. The van der Waals surface area contributed by atoms with Gasteiger partial charge in [0.05, 0.1) is 6.10 Å². The largest absolute Gasteiger partial charge is 0.393 e. The molecule has 2 aliphatic carbocycles. The first-order chi connectivity index (χ1) is 14.6. The molecule has 0 spiro atoms. The fourth-order valence-corrected chi connectivity index (χ4v) is 5.67. The van der Waals surface area contributed by atoms with E-state index in [1.165, 1.54) is 5.56 Å². The van der Waals surface area contributed by atoms with Crippen LogP contribution in [0.1, 0.15) is 53.1 Å². The number of carbonyl (C=O) groups excluding carboxylic acids is 1. The Balaban J connectivity index is 1.41. The van der Waals surface area contributed by atoms with Gasteiger partial charge in [-0.2, -0.15) is 0 Å². The lowest BCUT2D eigenvalue weighted by Crippen LogP contribution is -2.38. The minimum absolute atomic E-state index is 0.0827. The highest BCUT2D eigenvalue weighted by molar-refractivity contribution is 5.96. The normalized spacial score (nSPS) is 27.5. The summed E-state index contributed by atoms with van der Waals surface area (Å²) in [4.78, 5) is 24.5. The van der Waals surface area contributed by atoms with E-state index < -0.39 is 0 Å². The summed E-state index contributed by atoms with van der Waals surface area (Å²) in [6.45, 7) is 0.640. The van der Waals surface area contributed by atoms with Crippen molar-refractivity contribution in [3.8, 4) is 0 Å². The summed E-state index contributed by atoms with van der Waals surface area (Å²) in [6, 6.07) is 10.8. The van der Waals surface area contributed by atoms with Crippen LogP contribution in [0.25, 0.3) is 0 Å². The van der Waals surface area contributed by atoms with Crippen LogP contribution in [0.15, 0.2) is 30.3 Å². The first kappa shape index (κ1) is 19.5. The van der Waals surface area contributed by atoms with Gasteiger partial charge >= 0.3 is 0 Å². The Kier molecular flexibility index (Phi) is 5.19. The maximum absolute atomic E-state index is 12.6. The van der Waals surface area contributed by atoms with Crippen LogP contribution in [0.4, 0.5) is 5.82 Å². The molecule has 2 saturated carbocycles. The van der Waals surface area contributed by atoms with E-state index in [0.717, 1.165) is 55.7 Å². The fraction of sp³-hybridized carbons (Fsp3) is 0.542. The van der Waals surface area contributed by atoms with E-state index in [1.54, 1.807) is 0 Å². The predicted molar refractivity (Wildman–Crippen MR) is 116 cm³/mol. The zero-order valence-corrected chi connectivity index (χ0v) is 17.6. The summed E-state index contributed by atoms with van der Waals surface area (Å²) < 4.78 is 0. The number of nitrogens with one attached hydrogen (secondary N) is 1. The number of anilines is 1. The van der Waals surface area contributed by atoms with Gasteiger partial charge in [0.15, 0.2) is 0 Å². The third-order valence-corrected chi connectivity index (χ3v) is 7.24. The monoisotopic (exact) mass is 406 g/mol. The van der Waals surface area contributed by atoms with Gasteiger partial charge in [0, 0.05) is 31.6 Å². The smallest absolute Gasteiger partial charge is 0.270 e. The Hall–Kier alpha value is -2.47. The number of amides is 1. The van der Waals surface area contributed by atoms with E-state index in [9.17, 15) is 9.90 Å². The number of fused-ring (bicyclic) bond motifs is 2. The second-order valence-electron chi connectivity index (χ2n) is 9.16. The van der Waals surface area contributed by atoms with Crippen LogP contribution in [0.3, 0.4) is 0 Å². The van der Waals surface area contributed by atoms with Gasteiger partial charge in [-0.1, -0.05) is 30.3 Å². The molecule has 1 amide bonds. The molecule has 4 atom stereocenters. The lowest BCUT2D eigenvalue weighted by molar-refractivity contribution is 0.0940. The molecule has 6 heteroatoms. The molecule has 3 aliphatic rings. The molecule has 158 valence electrons. The van der Waals surface area contributed by atoms with Crippen molar-refractivity contribution in [2.45, 2.75) is 57.1 Å². The standard InChI is InChI=1S/C24H30N4O2/c1-28(18-11-16-13-19(29)14-17(16)12-18)23-20-9-10-25-24(30)22(20)26-21(27-23)8-7-15-5-3-2-4-6-15/h2-6,16-19,29H,7-14H2,1H3,(H,25,30)/t16-,17+,18?,19?. The summed E-state index contributed by atoms with van der Waals surface area (Å²) >= 11 is 0. The van der Waals surface area contributed by atoms with E-state index in [2.05, 4.69) is 34.4 Å². The average Bonchev–Trinajstić information content (AvgIpc) is 3.30. The van der Waals surface area contributed by atoms with Gasteiger partial charge in [-0.3, -0.25) is 4.79 Å². The highest BCUT2D eigenvalue weighted by Crippen LogP contribution is 2.46. The van der Waals surface area contributed by atoms with Crippen molar-refractivity contribution in [1.29, 1.82) is 0 Å². The molecule has 0 radical (unpaired) electrons. The quantitative estimate of drug-likeness (QED) is 0.798. The second kappa shape index (κ2) is 7.99. The Morgan fingerprint density at radius 1 is 1.07 bits per heavy atom. The molecule has 1 aromatic heterocycles. The van der Waals surface area contributed by atoms with Crippen molar-refractivity contribution in [2.75, 3.05) is 18.5 Å². The molecule has 1 aliphatic heterocycles. The molecule has 1 aromatic carbocycles. The molecular weight excluding hydrogens is 376 g/mol. The van der Waals surface area contributed by atoms with E-state index in [0.29, 0.717) is 36.5 Å². The number of aromatic nitrogens is 2. The van der Waals surface area contributed by atoms with Crippen LogP contribution >= 0.6 is 0 Å². The van der Waals surface area contributed by atoms with Crippen molar-refractivity contribution in [2.24, 2.45) is 11.8 Å². The molecule has 30 heavy (non-hydrogen) atoms. The number of rotatable bonds is 5. The summed E-state index contributed by atoms with van der Waals surface area (Å²) in [5.41, 5.74) is 2.79. The molecule has 5 rings (SSSR count). The molecule has 2 heterocycles. The minimum atomic E-state index is -0.119. The SMILES string of the molecule is CN(c1nc(CCc2ccccc2)nc2c1CCNC2=O)C1C[C@H]2CC(O)C[C@H]2C1. The van der Waals surface area contributed by atoms with Crippen LogP contribution in [0.5, 0.6) is 0 Å². The number of hydrogen-bond donors (Lipinski definition) is 2. The van der Waals surface area contributed by atoms with Gasteiger partial charge < -0.3 is 15.3 Å². The molecule has 0 bridgehead atoms. The van der Waals surface area contributed by atoms with Crippen molar-refractivity contribution >= 4 is 11.7 Å². The number of carbonyl (C=O) groups is 1. The number of aryl methyl sites for hydroxylation is 2. The first-order valence-electron chi connectivity index (χ1n) is 11.2. The minimum Gasteiger partial charge on any atom is -0.393 e. The molecule has 0 saturated heterocycles. The average molecular weight is 407 g/mol. The highest BCUT2D eigenvalue weighted by atomic mass is 16.3. The first-order valence-corrected chi connectivity index (χ1v) is 11.2. The zero-order valence-electron chi connectivity index (χ0n) is 17.6. The van der Waals surface area contributed by atoms with Gasteiger partial charge in [0.1, 0.15) is 17.3 Å². The zero-order chi connectivity index (χ0) is 20.7. The molecule has 6 nitrogen and oxygen atoms in total. The van der Waals surface area contributed by atoms with Gasteiger partial charge in [-0.05, 0) is 55.9 Å². The third kappa shape index (κ3) is 3.69. The number of benzene rings is 1. The lowest BCUT2D eigenvalue weighted by atomic mass is 10.0. The summed E-state index contributed by atoms with van der Waals surface area (Å²) in [5, 5.41) is 12.9. The van der Waals surface area contributed by atoms with E-state index in [-0.39, 0.29) is 12.0 Å². The van der Waals surface area contributed by atoms with E-state index in [1.807, 2.05) is 18.2 Å². The van der Waals surface area contributed by atoms with Crippen LogP contribution in [-0.2, 0) is 19.3 Å². The summed E-state index contributed by atoms with van der Waals surface area (Å²) in [5.74, 6) is 2.83. The van der Waals surface area contributed by atoms with Gasteiger partial charge in [-0.25, -0.2) is 9.97 Å². The Labute approximate surface area is 177 Å². The fourth-order valence-electron chi connectivity index (χ4n) is 5.67. The lowest BCUT2D eigenvalue weighted by Gasteiger charge is -2.30. The van der Waals surface area contributed by atoms with Gasteiger partial charge in [0.25, 0.3) is 5.91 Å². The van der Waals surface area contributed by atoms with Crippen LogP contribution in [0, 0.1) is 11.8 Å². The summed E-state index contributed by atoms with van der Waals surface area (Å²) in [7, 11) is 2.12. The topological polar surface area (TPSA) is 78.4 Å². The van der Waals surface area contributed by atoms with Crippen molar-refractivity contribution < 1.29 is 9.90 Å². The number of aliphatic hydroxyl groups is 1. The Bertz CT molecular complexity index is 918. The van der Waals surface area contributed by atoms with Gasteiger partial charge in [-0.15, -0.1) is 0 Å². The van der Waals surface area contributed by atoms with Crippen molar-refractivity contribution in [3.05, 3.63) is 53.0 Å². The summed E-state index contributed by atoms with van der Waals surface area (Å²) in [6.07, 6.45) is 6.29. The molecule has 2 N–H and O–H groups in total. The second-order valence-corrected chi connectivity index (χ2v) is 9.16. The van der Waals surface area contributed by atoms with E-state index >= 15 is 0 Å². The van der Waals surface area contributed by atoms with E-state index in [4.69, 9.17) is 4.98 Å². The number of hydrogen-bond acceptors (Lipinski definition) is 5. The molecule has 2 fully saturated rings. The van der Waals surface area contributed by atoms with Crippen LogP contribution < -0.4 is 10.2 Å². The predicted octanol–water partition coefficient (Wildman–Crippen LogP) is 2.53. The molecule has 2 aromatic rings. The van der Waals surface area contributed by atoms with Crippen molar-refractivity contribution in [1.82, 2.24) is 15.3 Å². The highest BCUT2D eigenvalue weighted by Gasteiger charge is 2.43. The maximum Gasteiger partial charge on any atom is 0.270 e. The Morgan fingerprint density at radius 3 is 2.53 bits per heavy atom. The molecule has 2 unspecified atom stereocenters. The molecular formula is C24H30N4O2.